The van der Waals surface area contributed by atoms with E-state index in [1.807, 2.05) is 44.2 Å². The molecule has 6 heteroatoms. The van der Waals surface area contributed by atoms with E-state index in [9.17, 15) is 14.9 Å². The van der Waals surface area contributed by atoms with Crippen molar-refractivity contribution in [1.82, 2.24) is 10.3 Å². The van der Waals surface area contributed by atoms with E-state index in [2.05, 4.69) is 10.3 Å². The van der Waals surface area contributed by atoms with Crippen LogP contribution in [0, 0.1) is 10.1 Å². The highest BCUT2D eigenvalue weighted by molar-refractivity contribution is 5.96. The van der Waals surface area contributed by atoms with E-state index in [1.165, 1.54) is 12.4 Å². The second-order valence-electron chi connectivity index (χ2n) is 6.68. The smallest absolute Gasteiger partial charge is 0.295 e. The summed E-state index contributed by atoms with van der Waals surface area (Å²) in [6, 6.07) is 18.0. The predicted molar refractivity (Wildman–Crippen MR) is 103 cm³/mol. The molecule has 0 aliphatic rings. The minimum atomic E-state index is -0.559. The van der Waals surface area contributed by atoms with Crippen molar-refractivity contribution in [3.63, 3.8) is 0 Å². The van der Waals surface area contributed by atoms with Crippen LogP contribution in [0.1, 0.15) is 29.8 Å². The van der Waals surface area contributed by atoms with Gasteiger partial charge in [-0.2, -0.15) is 0 Å². The lowest BCUT2D eigenvalue weighted by molar-refractivity contribution is -0.384. The SMILES string of the molecule is CC(C)(NC(=O)c1cccc(-c2ccncc2[N+](=O)[O-])c1)c1ccccc1. The number of amides is 1. The average molecular weight is 361 g/mol. The zero-order chi connectivity index (χ0) is 19.4. The normalized spacial score (nSPS) is 11.0. The summed E-state index contributed by atoms with van der Waals surface area (Å²) in [6.07, 6.45) is 2.70. The van der Waals surface area contributed by atoms with Crippen molar-refractivity contribution in [2.75, 3.05) is 0 Å². The average Bonchev–Trinajstić information content (AvgIpc) is 2.68. The van der Waals surface area contributed by atoms with Crippen molar-refractivity contribution in [1.29, 1.82) is 0 Å². The van der Waals surface area contributed by atoms with E-state index in [4.69, 9.17) is 0 Å². The Bertz CT molecular complexity index is 985. The van der Waals surface area contributed by atoms with E-state index < -0.39 is 10.5 Å². The molecule has 0 spiro atoms. The number of rotatable bonds is 5. The largest absolute Gasteiger partial charge is 0.343 e. The van der Waals surface area contributed by atoms with Crippen LogP contribution in [0.15, 0.2) is 73.1 Å². The Morgan fingerprint density at radius 2 is 1.81 bits per heavy atom. The molecule has 0 fully saturated rings. The highest BCUT2D eigenvalue weighted by atomic mass is 16.6. The molecule has 27 heavy (non-hydrogen) atoms. The number of carbonyl (C=O) groups is 1. The topological polar surface area (TPSA) is 85.1 Å². The van der Waals surface area contributed by atoms with Crippen molar-refractivity contribution in [3.05, 3.63) is 94.3 Å². The Morgan fingerprint density at radius 1 is 1.07 bits per heavy atom. The summed E-state index contributed by atoms with van der Waals surface area (Å²) in [5, 5.41) is 14.3. The Kier molecular flexibility index (Phi) is 4.98. The molecule has 1 aromatic heterocycles. The van der Waals surface area contributed by atoms with Crippen molar-refractivity contribution >= 4 is 11.6 Å². The van der Waals surface area contributed by atoms with Crippen LogP contribution in [0.3, 0.4) is 0 Å². The van der Waals surface area contributed by atoms with Crippen molar-refractivity contribution < 1.29 is 9.72 Å². The maximum Gasteiger partial charge on any atom is 0.295 e. The highest BCUT2D eigenvalue weighted by Crippen LogP contribution is 2.29. The summed E-state index contributed by atoms with van der Waals surface area (Å²) in [7, 11) is 0. The van der Waals surface area contributed by atoms with Crippen LogP contribution in [0.25, 0.3) is 11.1 Å². The molecule has 1 amide bonds. The molecule has 1 N–H and O–H groups in total. The molecule has 6 nitrogen and oxygen atoms in total. The van der Waals surface area contributed by atoms with Gasteiger partial charge >= 0.3 is 0 Å². The van der Waals surface area contributed by atoms with Crippen molar-refractivity contribution in [2.24, 2.45) is 0 Å². The zero-order valence-electron chi connectivity index (χ0n) is 15.0. The Morgan fingerprint density at radius 3 is 2.52 bits per heavy atom. The summed E-state index contributed by atoms with van der Waals surface area (Å²) in [5.41, 5.74) is 1.78. The molecule has 0 atom stereocenters. The van der Waals surface area contributed by atoms with Gasteiger partial charge in [-0.1, -0.05) is 42.5 Å². The molecule has 2 aromatic carbocycles. The number of nitrogens with zero attached hydrogens (tertiary/aromatic N) is 2. The van der Waals surface area contributed by atoms with Gasteiger partial charge in [-0.3, -0.25) is 19.9 Å². The Balaban J connectivity index is 1.90. The number of pyridine rings is 1. The first-order chi connectivity index (χ1) is 12.9. The number of nitro groups is 1. The molecule has 136 valence electrons. The summed E-state index contributed by atoms with van der Waals surface area (Å²) < 4.78 is 0. The molecule has 0 unspecified atom stereocenters. The van der Waals surface area contributed by atoms with Crippen LogP contribution < -0.4 is 5.32 Å². The number of hydrogen-bond acceptors (Lipinski definition) is 4. The summed E-state index contributed by atoms with van der Waals surface area (Å²) in [4.78, 5) is 27.4. The third-order valence-corrected chi connectivity index (χ3v) is 4.35. The van der Waals surface area contributed by atoms with Crippen molar-refractivity contribution in [2.45, 2.75) is 19.4 Å². The van der Waals surface area contributed by atoms with Gasteiger partial charge in [0.25, 0.3) is 11.6 Å². The molecule has 0 aliphatic carbocycles. The van der Waals surface area contributed by atoms with E-state index >= 15 is 0 Å². The first-order valence-electron chi connectivity index (χ1n) is 8.45. The lowest BCUT2D eigenvalue weighted by Crippen LogP contribution is -2.40. The van der Waals surface area contributed by atoms with E-state index in [-0.39, 0.29) is 11.6 Å². The van der Waals surface area contributed by atoms with Crippen LogP contribution in [0.4, 0.5) is 5.69 Å². The van der Waals surface area contributed by atoms with E-state index in [0.717, 1.165) is 5.56 Å². The summed E-state index contributed by atoms with van der Waals surface area (Å²) >= 11 is 0. The quantitative estimate of drug-likeness (QED) is 0.542. The standard InChI is InChI=1S/C21H19N3O3/c1-21(2,17-9-4-3-5-10-17)23-20(25)16-8-6-7-15(13-16)18-11-12-22-14-19(18)24(26)27/h3-14H,1-2H3,(H,23,25). The minimum Gasteiger partial charge on any atom is -0.343 e. The Hall–Kier alpha value is -3.54. The van der Waals surface area contributed by atoms with Gasteiger partial charge in [0, 0.05) is 11.8 Å². The van der Waals surface area contributed by atoms with Gasteiger partial charge in [-0.15, -0.1) is 0 Å². The molecule has 1 heterocycles. The first-order valence-corrected chi connectivity index (χ1v) is 8.45. The highest BCUT2D eigenvalue weighted by Gasteiger charge is 2.24. The van der Waals surface area contributed by atoms with Crippen LogP contribution in [-0.4, -0.2) is 15.8 Å². The van der Waals surface area contributed by atoms with Gasteiger partial charge in [-0.05, 0) is 43.2 Å². The van der Waals surface area contributed by atoms with Gasteiger partial charge in [0.15, 0.2) is 0 Å². The fraction of sp³-hybridized carbons (Fsp3) is 0.143. The molecular weight excluding hydrogens is 342 g/mol. The van der Waals surface area contributed by atoms with Crippen LogP contribution in [0.5, 0.6) is 0 Å². The molecule has 3 aromatic rings. The molecular formula is C21H19N3O3. The maximum atomic E-state index is 12.8. The molecule has 3 rings (SSSR count). The number of nitrogens with one attached hydrogen (secondary N) is 1. The fourth-order valence-corrected chi connectivity index (χ4v) is 2.89. The number of carbonyl (C=O) groups excluding carboxylic acids is 1. The van der Waals surface area contributed by atoms with Gasteiger partial charge in [0.05, 0.1) is 16.0 Å². The number of benzene rings is 2. The second-order valence-corrected chi connectivity index (χ2v) is 6.68. The van der Waals surface area contributed by atoms with E-state index in [0.29, 0.717) is 16.7 Å². The predicted octanol–water partition coefficient (Wildman–Crippen LogP) is 4.32. The third-order valence-electron chi connectivity index (χ3n) is 4.35. The van der Waals surface area contributed by atoms with Gasteiger partial charge in [0.1, 0.15) is 6.20 Å². The molecule has 0 saturated heterocycles. The second kappa shape index (κ2) is 7.37. The van der Waals surface area contributed by atoms with Crippen LogP contribution in [-0.2, 0) is 5.54 Å². The van der Waals surface area contributed by atoms with Crippen LogP contribution >= 0.6 is 0 Å². The number of aromatic nitrogens is 1. The maximum absolute atomic E-state index is 12.8. The van der Waals surface area contributed by atoms with Crippen molar-refractivity contribution in [3.8, 4) is 11.1 Å². The van der Waals surface area contributed by atoms with Gasteiger partial charge in [-0.25, -0.2) is 0 Å². The summed E-state index contributed by atoms with van der Waals surface area (Å²) in [5.74, 6) is -0.248. The van der Waals surface area contributed by atoms with E-state index in [1.54, 1.807) is 30.3 Å². The van der Waals surface area contributed by atoms with Crippen LogP contribution in [0.2, 0.25) is 0 Å². The molecule has 0 bridgehead atoms. The minimum absolute atomic E-state index is 0.0975. The lowest BCUT2D eigenvalue weighted by atomic mass is 9.93. The zero-order valence-corrected chi connectivity index (χ0v) is 15.0. The molecule has 0 saturated carbocycles. The van der Waals surface area contributed by atoms with Gasteiger partial charge in [0.2, 0.25) is 0 Å². The Labute approximate surface area is 157 Å². The third kappa shape index (κ3) is 4.00. The lowest BCUT2D eigenvalue weighted by Gasteiger charge is -2.27. The molecule has 0 radical (unpaired) electrons. The monoisotopic (exact) mass is 361 g/mol. The summed E-state index contributed by atoms with van der Waals surface area (Å²) in [6.45, 7) is 3.86. The number of hydrogen-bond donors (Lipinski definition) is 1. The molecule has 0 aliphatic heterocycles. The first kappa shape index (κ1) is 18.3. The fourth-order valence-electron chi connectivity index (χ4n) is 2.89. The van der Waals surface area contributed by atoms with Gasteiger partial charge < -0.3 is 5.32 Å².